The number of carboxylic acids is 1. The lowest BCUT2D eigenvalue weighted by atomic mass is 9.92. The fourth-order valence-corrected chi connectivity index (χ4v) is 2.39. The molecule has 0 radical (unpaired) electrons. The van der Waals surface area contributed by atoms with E-state index in [0.29, 0.717) is 23.7 Å². The molecule has 0 aliphatic carbocycles. The molecule has 4 nitrogen and oxygen atoms in total. The number of rotatable bonds is 7. The molecule has 0 aliphatic heterocycles. The summed E-state index contributed by atoms with van der Waals surface area (Å²) in [5, 5.41) is 9.47. The Balaban J connectivity index is 2.26. The van der Waals surface area contributed by atoms with Crippen molar-refractivity contribution in [1.29, 1.82) is 0 Å². The number of ether oxygens (including phenoxy) is 2. The number of carboxylic acid groups (broad SMARTS) is 1. The number of aliphatic carboxylic acids is 1. The van der Waals surface area contributed by atoms with Gasteiger partial charge in [-0.1, -0.05) is 18.2 Å². The van der Waals surface area contributed by atoms with E-state index in [4.69, 9.17) is 9.47 Å². The number of methoxy groups -OCH3 is 1. The number of hydrogen-bond acceptors (Lipinski definition) is 3. The van der Waals surface area contributed by atoms with E-state index in [0.717, 1.165) is 5.56 Å². The fraction of sp³-hybridized carbons (Fsp3) is 0.278. The van der Waals surface area contributed by atoms with Gasteiger partial charge in [-0.3, -0.25) is 4.79 Å². The Morgan fingerprint density at radius 1 is 1.17 bits per heavy atom. The average molecular weight is 318 g/mol. The van der Waals surface area contributed by atoms with Gasteiger partial charge in [-0.15, -0.1) is 0 Å². The van der Waals surface area contributed by atoms with Crippen molar-refractivity contribution in [3.63, 3.8) is 0 Å². The molecular weight excluding hydrogens is 299 g/mol. The third-order valence-electron chi connectivity index (χ3n) is 3.54. The first kappa shape index (κ1) is 16.8. The second-order valence-electron chi connectivity index (χ2n) is 5.06. The average Bonchev–Trinajstić information content (AvgIpc) is 2.54. The topological polar surface area (TPSA) is 55.8 Å². The van der Waals surface area contributed by atoms with Gasteiger partial charge in [0.15, 0.2) is 11.5 Å². The molecule has 1 atom stereocenters. The Morgan fingerprint density at radius 3 is 2.43 bits per heavy atom. The monoisotopic (exact) mass is 318 g/mol. The standard InChI is InChI=1S/C18H19FO4/c1-3-23-16-9-4-12(11-17(16)22-2)10-15(18(20)21)13-5-7-14(19)8-6-13/h4-9,11,15H,3,10H2,1-2H3,(H,20,21). The fourth-order valence-electron chi connectivity index (χ4n) is 2.39. The van der Waals surface area contributed by atoms with Crippen molar-refractivity contribution in [2.75, 3.05) is 13.7 Å². The van der Waals surface area contributed by atoms with E-state index in [9.17, 15) is 14.3 Å². The highest BCUT2D eigenvalue weighted by atomic mass is 19.1. The predicted octanol–water partition coefficient (Wildman–Crippen LogP) is 3.64. The molecule has 2 rings (SSSR count). The summed E-state index contributed by atoms with van der Waals surface area (Å²) in [5.74, 6) is -0.914. The molecule has 23 heavy (non-hydrogen) atoms. The van der Waals surface area contributed by atoms with Crippen molar-refractivity contribution < 1.29 is 23.8 Å². The summed E-state index contributed by atoms with van der Waals surface area (Å²) in [5.41, 5.74) is 1.37. The zero-order valence-electron chi connectivity index (χ0n) is 13.1. The molecule has 0 bridgehead atoms. The van der Waals surface area contributed by atoms with Crippen LogP contribution in [-0.2, 0) is 11.2 Å². The zero-order chi connectivity index (χ0) is 16.8. The smallest absolute Gasteiger partial charge is 0.311 e. The van der Waals surface area contributed by atoms with E-state index >= 15 is 0 Å². The quantitative estimate of drug-likeness (QED) is 0.847. The Bertz CT molecular complexity index is 667. The van der Waals surface area contributed by atoms with Crippen LogP contribution in [0.15, 0.2) is 42.5 Å². The van der Waals surface area contributed by atoms with E-state index in [2.05, 4.69) is 0 Å². The van der Waals surface area contributed by atoms with E-state index in [-0.39, 0.29) is 12.2 Å². The van der Waals surface area contributed by atoms with Gasteiger partial charge in [0, 0.05) is 0 Å². The lowest BCUT2D eigenvalue weighted by molar-refractivity contribution is -0.138. The van der Waals surface area contributed by atoms with Crippen LogP contribution in [-0.4, -0.2) is 24.8 Å². The first-order valence-corrected chi connectivity index (χ1v) is 7.33. The van der Waals surface area contributed by atoms with Crippen molar-refractivity contribution >= 4 is 5.97 Å². The van der Waals surface area contributed by atoms with Gasteiger partial charge in [-0.2, -0.15) is 0 Å². The van der Waals surface area contributed by atoms with E-state index in [1.165, 1.54) is 31.4 Å². The summed E-state index contributed by atoms with van der Waals surface area (Å²) < 4.78 is 23.7. The summed E-state index contributed by atoms with van der Waals surface area (Å²) in [6.07, 6.45) is 0.281. The Hall–Kier alpha value is -2.56. The van der Waals surface area contributed by atoms with Gasteiger partial charge in [0.2, 0.25) is 0 Å². The Kier molecular flexibility index (Phi) is 5.57. The largest absolute Gasteiger partial charge is 0.493 e. The summed E-state index contributed by atoms with van der Waals surface area (Å²) in [6, 6.07) is 10.9. The Labute approximate surface area is 134 Å². The molecule has 2 aromatic rings. The minimum Gasteiger partial charge on any atom is -0.493 e. The summed E-state index contributed by atoms with van der Waals surface area (Å²) in [6.45, 7) is 2.39. The van der Waals surface area contributed by atoms with Crippen LogP contribution < -0.4 is 9.47 Å². The van der Waals surface area contributed by atoms with E-state index in [1.807, 2.05) is 13.0 Å². The van der Waals surface area contributed by atoms with Gasteiger partial charge < -0.3 is 14.6 Å². The first-order chi connectivity index (χ1) is 11.0. The molecule has 1 N–H and O–H groups in total. The van der Waals surface area contributed by atoms with Crippen molar-refractivity contribution in [3.05, 3.63) is 59.4 Å². The zero-order valence-corrected chi connectivity index (χ0v) is 13.1. The van der Waals surface area contributed by atoms with Gasteiger partial charge in [0.05, 0.1) is 19.6 Å². The van der Waals surface area contributed by atoms with Crippen LogP contribution in [0.1, 0.15) is 24.0 Å². The maximum absolute atomic E-state index is 13.0. The van der Waals surface area contributed by atoms with Crippen molar-refractivity contribution in [3.8, 4) is 11.5 Å². The van der Waals surface area contributed by atoms with Crippen LogP contribution in [0.2, 0.25) is 0 Å². The molecule has 0 aromatic heterocycles. The minimum absolute atomic E-state index is 0.281. The predicted molar refractivity (Wildman–Crippen MR) is 84.6 cm³/mol. The molecule has 0 saturated heterocycles. The molecule has 0 spiro atoms. The number of halogens is 1. The molecule has 1 unspecified atom stereocenters. The highest BCUT2D eigenvalue weighted by molar-refractivity contribution is 5.76. The molecule has 0 amide bonds. The minimum atomic E-state index is -0.954. The van der Waals surface area contributed by atoms with E-state index in [1.54, 1.807) is 12.1 Å². The van der Waals surface area contributed by atoms with Gasteiger partial charge in [0.1, 0.15) is 5.82 Å². The third-order valence-corrected chi connectivity index (χ3v) is 3.54. The highest BCUT2D eigenvalue weighted by Crippen LogP contribution is 2.30. The van der Waals surface area contributed by atoms with Gasteiger partial charge >= 0.3 is 5.97 Å². The van der Waals surface area contributed by atoms with E-state index < -0.39 is 11.9 Å². The first-order valence-electron chi connectivity index (χ1n) is 7.33. The van der Waals surface area contributed by atoms with Crippen LogP contribution in [0.4, 0.5) is 4.39 Å². The summed E-state index contributed by atoms with van der Waals surface area (Å²) in [7, 11) is 1.54. The normalized spacial score (nSPS) is 11.8. The van der Waals surface area contributed by atoms with Gasteiger partial charge in [-0.05, 0) is 48.7 Å². The third kappa shape index (κ3) is 4.22. The SMILES string of the molecule is CCOc1ccc(CC(C(=O)O)c2ccc(F)cc2)cc1OC. The van der Waals surface area contributed by atoms with Crippen LogP contribution in [0.5, 0.6) is 11.5 Å². The number of carbonyl (C=O) groups is 1. The number of benzene rings is 2. The van der Waals surface area contributed by atoms with Crippen LogP contribution in [0.3, 0.4) is 0 Å². The number of hydrogen-bond donors (Lipinski definition) is 1. The molecule has 2 aromatic carbocycles. The molecular formula is C18H19FO4. The molecule has 0 heterocycles. The van der Waals surface area contributed by atoms with Gasteiger partial charge in [-0.25, -0.2) is 4.39 Å². The van der Waals surface area contributed by atoms with Crippen molar-refractivity contribution in [2.45, 2.75) is 19.3 Å². The molecule has 0 saturated carbocycles. The maximum atomic E-state index is 13.0. The lowest BCUT2D eigenvalue weighted by Crippen LogP contribution is -2.14. The van der Waals surface area contributed by atoms with Crippen molar-refractivity contribution in [2.24, 2.45) is 0 Å². The molecule has 122 valence electrons. The molecule has 5 heteroatoms. The molecule has 0 aliphatic rings. The Morgan fingerprint density at radius 2 is 1.87 bits per heavy atom. The van der Waals surface area contributed by atoms with Crippen molar-refractivity contribution in [1.82, 2.24) is 0 Å². The second kappa shape index (κ2) is 7.63. The highest BCUT2D eigenvalue weighted by Gasteiger charge is 2.21. The summed E-state index contributed by atoms with van der Waals surface area (Å²) >= 11 is 0. The van der Waals surface area contributed by atoms with Crippen LogP contribution in [0, 0.1) is 5.82 Å². The van der Waals surface area contributed by atoms with Gasteiger partial charge in [0.25, 0.3) is 0 Å². The lowest BCUT2D eigenvalue weighted by Gasteiger charge is -2.15. The van der Waals surface area contributed by atoms with Crippen LogP contribution >= 0.6 is 0 Å². The maximum Gasteiger partial charge on any atom is 0.311 e. The molecule has 0 fully saturated rings. The van der Waals surface area contributed by atoms with Crippen LogP contribution in [0.25, 0.3) is 0 Å². The summed E-state index contributed by atoms with van der Waals surface area (Å²) in [4.78, 5) is 11.6. The second-order valence-corrected chi connectivity index (χ2v) is 5.06.